The van der Waals surface area contributed by atoms with Crippen LogP contribution >= 0.6 is 0 Å². The Bertz CT molecular complexity index is 1300. The molecule has 1 unspecified atom stereocenters. The molecule has 1 atom stereocenters. The molecule has 75 heavy (non-hydrogen) atoms. The standard InChI is InChI=1S/C69H126O6/c1-4-7-10-13-16-19-22-25-28-31-32-33-34-35-36-39-41-44-47-50-53-56-59-62-68(71)74-65-66(75-69(72)63-60-57-54-51-48-45-42-38-30-27-24-21-18-15-12-9-6-3)64-73-67(70)61-58-55-52-49-46-43-40-37-29-26-23-20-17-14-11-8-5-2/h17-18,20-21,26-27,29-30,66H,4-16,19,22-25,28,31-65H2,1-3H3/b20-17-,21-18-,29-26-,30-27-. The zero-order valence-electron chi connectivity index (χ0n) is 50.3. The van der Waals surface area contributed by atoms with Crippen LogP contribution in [0, 0.1) is 0 Å². The normalized spacial score (nSPS) is 12.3. The molecule has 0 saturated carbocycles. The highest BCUT2D eigenvalue weighted by Gasteiger charge is 2.19. The molecule has 0 fully saturated rings. The summed E-state index contributed by atoms with van der Waals surface area (Å²) >= 11 is 0. The second kappa shape index (κ2) is 63.9. The monoisotopic (exact) mass is 1050 g/mol. The van der Waals surface area contributed by atoms with Crippen LogP contribution in [0.5, 0.6) is 0 Å². The highest BCUT2D eigenvalue weighted by atomic mass is 16.6. The third-order valence-corrected chi connectivity index (χ3v) is 14.8. The van der Waals surface area contributed by atoms with Crippen molar-refractivity contribution in [3.05, 3.63) is 48.6 Å². The van der Waals surface area contributed by atoms with Gasteiger partial charge in [0.15, 0.2) is 6.10 Å². The van der Waals surface area contributed by atoms with E-state index in [1.807, 2.05) is 0 Å². The van der Waals surface area contributed by atoms with Crippen LogP contribution in [-0.2, 0) is 28.6 Å². The Morgan fingerprint density at radius 2 is 0.480 bits per heavy atom. The van der Waals surface area contributed by atoms with E-state index in [1.165, 1.54) is 231 Å². The van der Waals surface area contributed by atoms with E-state index in [9.17, 15) is 14.4 Å². The van der Waals surface area contributed by atoms with Crippen molar-refractivity contribution in [3.63, 3.8) is 0 Å². The largest absolute Gasteiger partial charge is 0.462 e. The van der Waals surface area contributed by atoms with E-state index in [4.69, 9.17) is 14.2 Å². The van der Waals surface area contributed by atoms with Crippen LogP contribution < -0.4 is 0 Å². The molecule has 0 saturated heterocycles. The Balaban J connectivity index is 4.31. The molecule has 0 aliphatic carbocycles. The Morgan fingerprint density at radius 3 is 0.760 bits per heavy atom. The first-order valence-electron chi connectivity index (χ1n) is 33.1. The summed E-state index contributed by atoms with van der Waals surface area (Å²) in [5.74, 6) is -0.869. The maximum absolute atomic E-state index is 12.9. The summed E-state index contributed by atoms with van der Waals surface area (Å²) < 4.78 is 17.0. The first-order chi connectivity index (χ1) is 37.0. The van der Waals surface area contributed by atoms with Crippen molar-refractivity contribution < 1.29 is 28.6 Å². The lowest BCUT2D eigenvalue weighted by Gasteiger charge is -2.18. The number of hydrogen-bond acceptors (Lipinski definition) is 6. The molecule has 0 aliphatic rings. The molecule has 0 spiro atoms. The van der Waals surface area contributed by atoms with Crippen LogP contribution in [0.25, 0.3) is 0 Å². The van der Waals surface area contributed by atoms with Crippen molar-refractivity contribution >= 4 is 17.9 Å². The first-order valence-corrected chi connectivity index (χ1v) is 33.1. The summed E-state index contributed by atoms with van der Waals surface area (Å²) in [5, 5.41) is 0. The smallest absolute Gasteiger partial charge is 0.306 e. The summed E-state index contributed by atoms with van der Waals surface area (Å²) in [5.41, 5.74) is 0. The molecule has 0 rings (SSSR count). The molecule has 0 heterocycles. The van der Waals surface area contributed by atoms with E-state index in [0.29, 0.717) is 19.3 Å². The van der Waals surface area contributed by atoms with Gasteiger partial charge in [0.1, 0.15) is 13.2 Å². The van der Waals surface area contributed by atoms with Crippen molar-refractivity contribution in [1.82, 2.24) is 0 Å². The van der Waals surface area contributed by atoms with E-state index < -0.39 is 6.10 Å². The summed E-state index contributed by atoms with van der Waals surface area (Å²) in [6, 6.07) is 0. The summed E-state index contributed by atoms with van der Waals surface area (Å²) in [4.78, 5) is 38.4. The Labute approximate surface area is 467 Å². The van der Waals surface area contributed by atoms with Gasteiger partial charge in [0.05, 0.1) is 0 Å². The van der Waals surface area contributed by atoms with Crippen LogP contribution in [0.1, 0.15) is 355 Å². The molecule has 0 amide bonds. The SMILES string of the molecule is CCCCC/C=C\C/C=C\CCCCCCCCCC(=O)OCC(COC(=O)CCCCCCCCCCCCCCCCCCCCCCCCC)OC(=O)CCCCCCCCC/C=C\C/C=C\CCCCC. The van der Waals surface area contributed by atoms with Gasteiger partial charge in [0, 0.05) is 19.3 Å². The van der Waals surface area contributed by atoms with Gasteiger partial charge in [0.25, 0.3) is 0 Å². The Hall–Kier alpha value is -2.63. The summed E-state index contributed by atoms with van der Waals surface area (Å²) in [6.07, 6.45) is 79.7. The molecule has 0 bridgehead atoms. The molecule has 6 nitrogen and oxygen atoms in total. The van der Waals surface area contributed by atoms with Crippen LogP contribution in [0.2, 0.25) is 0 Å². The third-order valence-electron chi connectivity index (χ3n) is 14.8. The molecule has 0 radical (unpaired) electrons. The maximum atomic E-state index is 12.9. The van der Waals surface area contributed by atoms with E-state index in [1.54, 1.807) is 0 Å². The number of carbonyl (C=O) groups is 3. The van der Waals surface area contributed by atoms with Crippen molar-refractivity contribution in [2.75, 3.05) is 13.2 Å². The molecular weight excluding hydrogens is 925 g/mol. The van der Waals surface area contributed by atoms with Crippen molar-refractivity contribution in [2.24, 2.45) is 0 Å². The fourth-order valence-electron chi connectivity index (χ4n) is 9.80. The second-order valence-electron chi connectivity index (χ2n) is 22.4. The second-order valence-corrected chi connectivity index (χ2v) is 22.4. The number of allylic oxidation sites excluding steroid dienone is 8. The van der Waals surface area contributed by atoms with Crippen molar-refractivity contribution in [3.8, 4) is 0 Å². The Morgan fingerprint density at radius 1 is 0.267 bits per heavy atom. The molecule has 0 N–H and O–H groups in total. The van der Waals surface area contributed by atoms with Gasteiger partial charge < -0.3 is 14.2 Å². The lowest BCUT2D eigenvalue weighted by Crippen LogP contribution is -2.30. The average molecular weight is 1050 g/mol. The lowest BCUT2D eigenvalue weighted by atomic mass is 10.0. The predicted octanol–water partition coefficient (Wildman–Crippen LogP) is 22.6. The number of carbonyl (C=O) groups excluding carboxylic acids is 3. The molecule has 6 heteroatoms. The Kier molecular flexibility index (Phi) is 61.7. The van der Waals surface area contributed by atoms with Gasteiger partial charge in [-0.3, -0.25) is 14.4 Å². The highest BCUT2D eigenvalue weighted by Crippen LogP contribution is 2.18. The number of hydrogen-bond donors (Lipinski definition) is 0. The van der Waals surface area contributed by atoms with Crippen molar-refractivity contribution in [2.45, 2.75) is 361 Å². The van der Waals surface area contributed by atoms with Crippen LogP contribution in [0.4, 0.5) is 0 Å². The van der Waals surface area contributed by atoms with E-state index in [-0.39, 0.29) is 31.1 Å². The molecule has 0 aromatic rings. The quantitative estimate of drug-likeness (QED) is 0.0261. The minimum absolute atomic E-state index is 0.0753. The number of rotatable bonds is 61. The fourth-order valence-corrected chi connectivity index (χ4v) is 9.80. The minimum atomic E-state index is -0.780. The zero-order valence-corrected chi connectivity index (χ0v) is 50.3. The number of unbranched alkanes of at least 4 members (excludes halogenated alkanes) is 42. The first kappa shape index (κ1) is 72.4. The molecule has 0 aromatic heterocycles. The van der Waals surface area contributed by atoms with Gasteiger partial charge in [-0.05, 0) is 83.5 Å². The van der Waals surface area contributed by atoms with E-state index in [0.717, 1.165) is 83.5 Å². The van der Waals surface area contributed by atoms with Gasteiger partial charge >= 0.3 is 17.9 Å². The van der Waals surface area contributed by atoms with E-state index >= 15 is 0 Å². The van der Waals surface area contributed by atoms with Crippen molar-refractivity contribution in [1.29, 1.82) is 0 Å². The number of ether oxygens (including phenoxy) is 3. The van der Waals surface area contributed by atoms with Crippen LogP contribution in [0.3, 0.4) is 0 Å². The molecule has 0 aliphatic heterocycles. The fraction of sp³-hybridized carbons (Fsp3) is 0.841. The summed E-state index contributed by atoms with van der Waals surface area (Å²) in [7, 11) is 0. The van der Waals surface area contributed by atoms with Gasteiger partial charge in [-0.1, -0.05) is 301 Å². The minimum Gasteiger partial charge on any atom is -0.462 e. The van der Waals surface area contributed by atoms with Crippen LogP contribution in [-0.4, -0.2) is 37.2 Å². The highest BCUT2D eigenvalue weighted by molar-refractivity contribution is 5.71. The van der Waals surface area contributed by atoms with Crippen LogP contribution in [0.15, 0.2) is 48.6 Å². The summed E-state index contributed by atoms with van der Waals surface area (Å²) in [6.45, 7) is 6.64. The molecule has 0 aromatic carbocycles. The number of esters is 3. The average Bonchev–Trinajstić information content (AvgIpc) is 3.41. The van der Waals surface area contributed by atoms with Gasteiger partial charge in [0.2, 0.25) is 0 Å². The maximum Gasteiger partial charge on any atom is 0.306 e. The van der Waals surface area contributed by atoms with Gasteiger partial charge in [-0.25, -0.2) is 0 Å². The molecule has 438 valence electrons. The third kappa shape index (κ3) is 62.1. The van der Waals surface area contributed by atoms with E-state index in [2.05, 4.69) is 69.4 Å². The van der Waals surface area contributed by atoms with Gasteiger partial charge in [-0.15, -0.1) is 0 Å². The lowest BCUT2D eigenvalue weighted by molar-refractivity contribution is -0.167. The molecular formula is C69H126O6. The topological polar surface area (TPSA) is 78.9 Å². The zero-order chi connectivity index (χ0) is 54.3. The van der Waals surface area contributed by atoms with Gasteiger partial charge in [-0.2, -0.15) is 0 Å². The predicted molar refractivity (Wildman–Crippen MR) is 325 cm³/mol.